The van der Waals surface area contributed by atoms with Crippen LogP contribution >= 0.6 is 0 Å². The largest absolute Gasteiger partial charge is 0.456 e. The van der Waals surface area contributed by atoms with Crippen LogP contribution in [-0.2, 0) is 0 Å². The van der Waals surface area contributed by atoms with E-state index >= 15 is 0 Å². The lowest BCUT2D eigenvalue weighted by molar-refractivity contribution is 0.601. The maximum atomic E-state index is 6.48. The van der Waals surface area contributed by atoms with Crippen LogP contribution in [0, 0.1) is 0 Å². The topological polar surface area (TPSA) is 77.3 Å². The molecule has 0 amide bonds. The fourth-order valence-corrected chi connectivity index (χ4v) is 6.72. The van der Waals surface area contributed by atoms with Crippen molar-refractivity contribution in [1.82, 2.24) is 15.0 Å². The molecule has 6 nitrogen and oxygen atoms in total. The summed E-state index contributed by atoms with van der Waals surface area (Å²) in [5.41, 5.74) is 9.62. The van der Waals surface area contributed by atoms with Gasteiger partial charge in [-0.2, -0.15) is 0 Å². The minimum absolute atomic E-state index is 0.558. The van der Waals surface area contributed by atoms with Crippen LogP contribution in [0.2, 0.25) is 0 Å². The standard InChI is InChI=1S/C45H30N4O2/c1-3-34(42-41(46-2)36-19-11-13-21-39(36)51-42)32-24-31(30-22-23-40-37(27-30)35-18-10-12-20-38(35)50-40)25-33(26-32)45-48-43(28-14-6-4-7-15-28)47-44(49-45)29-16-8-5-9-17-29/h3-27H,2H2,1H3/b34-3-. The van der Waals surface area contributed by atoms with E-state index in [1.54, 1.807) is 0 Å². The monoisotopic (exact) mass is 658 g/mol. The molecule has 9 rings (SSSR count). The lowest BCUT2D eigenvalue weighted by atomic mass is 9.93. The number of benzene rings is 6. The normalized spacial score (nSPS) is 11.8. The fourth-order valence-electron chi connectivity index (χ4n) is 6.72. The zero-order valence-corrected chi connectivity index (χ0v) is 27.7. The first-order valence-corrected chi connectivity index (χ1v) is 16.8. The van der Waals surface area contributed by atoms with Gasteiger partial charge in [-0.15, -0.1) is 0 Å². The fraction of sp³-hybridized carbons (Fsp3) is 0.0222. The number of hydrogen-bond donors (Lipinski definition) is 0. The molecule has 0 bridgehead atoms. The van der Waals surface area contributed by atoms with E-state index in [9.17, 15) is 0 Å². The van der Waals surface area contributed by atoms with E-state index in [-0.39, 0.29) is 0 Å². The Bertz CT molecular complexity index is 2720. The molecule has 0 aliphatic heterocycles. The first kappa shape index (κ1) is 30.2. The maximum absolute atomic E-state index is 6.48. The zero-order valence-electron chi connectivity index (χ0n) is 27.7. The molecule has 0 aliphatic rings. The molecule has 0 fully saturated rings. The Morgan fingerprint density at radius 1 is 0.510 bits per heavy atom. The van der Waals surface area contributed by atoms with Gasteiger partial charge in [0.05, 0.1) is 0 Å². The molecule has 0 saturated heterocycles. The summed E-state index contributed by atoms with van der Waals surface area (Å²) >= 11 is 0. The van der Waals surface area contributed by atoms with Crippen LogP contribution in [0.15, 0.2) is 165 Å². The van der Waals surface area contributed by atoms with E-state index in [0.717, 1.165) is 71.9 Å². The first-order chi connectivity index (χ1) is 25.2. The van der Waals surface area contributed by atoms with Crippen LogP contribution in [0.1, 0.15) is 18.2 Å². The van der Waals surface area contributed by atoms with Crippen molar-refractivity contribution in [2.45, 2.75) is 6.92 Å². The SMILES string of the molecule is C=Nc1c(/C(=C\C)c2cc(-c3ccc4oc5ccccc5c4c3)cc(-c3nc(-c4ccccc4)nc(-c4ccccc4)n3)c2)oc2ccccc12. The van der Waals surface area contributed by atoms with E-state index in [0.29, 0.717) is 28.9 Å². The number of hydrogen-bond acceptors (Lipinski definition) is 6. The molecule has 6 heteroatoms. The van der Waals surface area contributed by atoms with Gasteiger partial charge in [-0.1, -0.05) is 103 Å². The van der Waals surface area contributed by atoms with Crippen molar-refractivity contribution < 1.29 is 8.83 Å². The first-order valence-electron chi connectivity index (χ1n) is 16.8. The predicted molar refractivity (Wildman–Crippen MR) is 207 cm³/mol. The number of furan rings is 2. The van der Waals surface area contributed by atoms with Gasteiger partial charge in [0.15, 0.2) is 23.2 Å². The molecule has 0 saturated carbocycles. The molecule has 0 N–H and O–H groups in total. The molecule has 242 valence electrons. The van der Waals surface area contributed by atoms with Gasteiger partial charge >= 0.3 is 0 Å². The summed E-state index contributed by atoms with van der Waals surface area (Å²) in [6, 6.07) is 48.8. The van der Waals surface area contributed by atoms with Crippen molar-refractivity contribution in [2.75, 3.05) is 0 Å². The number of allylic oxidation sites excluding steroid dienone is 1. The summed E-state index contributed by atoms with van der Waals surface area (Å²) in [6.45, 7) is 5.92. The van der Waals surface area contributed by atoms with Crippen LogP contribution in [0.5, 0.6) is 0 Å². The number of aliphatic imine (C=N–C) groups is 1. The van der Waals surface area contributed by atoms with Crippen LogP contribution < -0.4 is 0 Å². The van der Waals surface area contributed by atoms with E-state index in [1.165, 1.54) is 0 Å². The summed E-state index contributed by atoms with van der Waals surface area (Å²) in [7, 11) is 0. The van der Waals surface area contributed by atoms with E-state index in [2.05, 4.69) is 54.2 Å². The van der Waals surface area contributed by atoms with Crippen molar-refractivity contribution in [3.63, 3.8) is 0 Å². The van der Waals surface area contributed by atoms with Crippen LogP contribution in [0.25, 0.3) is 83.8 Å². The number of nitrogens with zero attached hydrogens (tertiary/aromatic N) is 4. The van der Waals surface area contributed by atoms with E-state index in [1.807, 2.05) is 116 Å². The molecule has 0 aliphatic carbocycles. The van der Waals surface area contributed by atoms with E-state index < -0.39 is 0 Å². The van der Waals surface area contributed by atoms with Gasteiger partial charge in [-0.3, -0.25) is 4.99 Å². The maximum Gasteiger partial charge on any atom is 0.164 e. The second kappa shape index (κ2) is 12.5. The number of fused-ring (bicyclic) bond motifs is 4. The Morgan fingerprint density at radius 2 is 1.06 bits per heavy atom. The van der Waals surface area contributed by atoms with Crippen LogP contribution in [0.3, 0.4) is 0 Å². The molecule has 0 radical (unpaired) electrons. The van der Waals surface area contributed by atoms with Gasteiger partial charge in [0.25, 0.3) is 0 Å². The Hall–Kier alpha value is -6.92. The third-order valence-electron chi connectivity index (χ3n) is 9.17. The van der Waals surface area contributed by atoms with Crippen LogP contribution in [-0.4, -0.2) is 21.7 Å². The van der Waals surface area contributed by atoms with Crippen molar-refractivity contribution in [3.05, 3.63) is 163 Å². The lowest BCUT2D eigenvalue weighted by Crippen LogP contribution is -2.01. The summed E-state index contributed by atoms with van der Waals surface area (Å²) in [6.07, 6.45) is 2.06. The van der Waals surface area contributed by atoms with Crippen molar-refractivity contribution in [3.8, 4) is 45.3 Å². The Kier molecular flexibility index (Phi) is 7.40. The highest BCUT2D eigenvalue weighted by Crippen LogP contribution is 2.42. The third-order valence-corrected chi connectivity index (χ3v) is 9.17. The van der Waals surface area contributed by atoms with Crippen molar-refractivity contribution in [2.24, 2.45) is 4.99 Å². The number of rotatable bonds is 7. The highest BCUT2D eigenvalue weighted by molar-refractivity contribution is 6.06. The average Bonchev–Trinajstić information content (AvgIpc) is 3.76. The van der Waals surface area contributed by atoms with Gasteiger partial charge in [0, 0.05) is 38.4 Å². The van der Waals surface area contributed by atoms with E-state index in [4.69, 9.17) is 23.8 Å². The van der Waals surface area contributed by atoms with Gasteiger partial charge in [0.2, 0.25) is 0 Å². The minimum Gasteiger partial charge on any atom is -0.456 e. The highest BCUT2D eigenvalue weighted by atomic mass is 16.3. The molecule has 0 spiro atoms. The quantitative estimate of drug-likeness (QED) is 0.159. The number of para-hydroxylation sites is 2. The number of aromatic nitrogens is 3. The molecular formula is C45H30N4O2. The molecule has 3 heterocycles. The summed E-state index contributed by atoms with van der Waals surface area (Å²) in [4.78, 5) is 19.5. The molecule has 9 aromatic rings. The molecule has 51 heavy (non-hydrogen) atoms. The van der Waals surface area contributed by atoms with Gasteiger partial charge in [0.1, 0.15) is 22.4 Å². The minimum atomic E-state index is 0.558. The van der Waals surface area contributed by atoms with Gasteiger partial charge in [-0.25, -0.2) is 15.0 Å². The Balaban J connectivity index is 1.30. The second-order valence-electron chi connectivity index (χ2n) is 12.3. The zero-order chi connectivity index (χ0) is 34.3. The van der Waals surface area contributed by atoms with Gasteiger partial charge in [-0.05, 0) is 78.9 Å². The third kappa shape index (κ3) is 5.40. The summed E-state index contributed by atoms with van der Waals surface area (Å²) in [5.74, 6) is 2.40. The summed E-state index contributed by atoms with van der Waals surface area (Å²) < 4.78 is 12.7. The Morgan fingerprint density at radius 3 is 1.71 bits per heavy atom. The molecule has 3 aromatic heterocycles. The molecule has 0 unspecified atom stereocenters. The van der Waals surface area contributed by atoms with Crippen molar-refractivity contribution in [1.29, 1.82) is 0 Å². The summed E-state index contributed by atoms with van der Waals surface area (Å²) in [5, 5.41) is 3.03. The second-order valence-corrected chi connectivity index (χ2v) is 12.3. The molecule has 6 aromatic carbocycles. The smallest absolute Gasteiger partial charge is 0.164 e. The molecular weight excluding hydrogens is 629 g/mol. The predicted octanol–water partition coefficient (Wildman–Crippen LogP) is 12.0. The van der Waals surface area contributed by atoms with Gasteiger partial charge < -0.3 is 8.83 Å². The average molecular weight is 659 g/mol. The van der Waals surface area contributed by atoms with Crippen LogP contribution in [0.4, 0.5) is 5.69 Å². The lowest BCUT2D eigenvalue weighted by Gasteiger charge is -2.14. The Labute approximate surface area is 294 Å². The van der Waals surface area contributed by atoms with Crippen molar-refractivity contribution >= 4 is 50.9 Å². The highest BCUT2D eigenvalue weighted by Gasteiger charge is 2.21. The molecule has 0 atom stereocenters.